The molecule has 2 rings (SSSR count). The van der Waals surface area contributed by atoms with Crippen molar-refractivity contribution in [2.45, 2.75) is 25.8 Å². The van der Waals surface area contributed by atoms with Gasteiger partial charge in [-0.2, -0.15) is 0 Å². The number of carbonyl (C=O) groups is 1. The van der Waals surface area contributed by atoms with Crippen molar-refractivity contribution in [2.75, 3.05) is 6.54 Å². The van der Waals surface area contributed by atoms with Crippen LogP contribution in [0.25, 0.3) is 0 Å². The zero-order valence-electron chi connectivity index (χ0n) is 10.8. The summed E-state index contributed by atoms with van der Waals surface area (Å²) in [6.45, 7) is 6.77. The lowest BCUT2D eigenvalue weighted by molar-refractivity contribution is 0.0725. The SMILES string of the molecule is C=CC1C(CC)=CCCN1C(=O)c1ccccc1. The fraction of sp³-hybridized carbons (Fsp3) is 0.312. The molecule has 0 saturated heterocycles. The molecule has 0 bridgehead atoms. The highest BCUT2D eigenvalue weighted by Crippen LogP contribution is 2.23. The molecule has 18 heavy (non-hydrogen) atoms. The monoisotopic (exact) mass is 241 g/mol. The second-order valence-electron chi connectivity index (χ2n) is 4.47. The molecule has 1 aliphatic heterocycles. The van der Waals surface area contributed by atoms with Gasteiger partial charge in [-0.25, -0.2) is 0 Å². The average molecular weight is 241 g/mol. The molecular weight excluding hydrogens is 222 g/mol. The lowest BCUT2D eigenvalue weighted by atomic mass is 9.96. The number of hydrogen-bond acceptors (Lipinski definition) is 1. The summed E-state index contributed by atoms with van der Waals surface area (Å²) in [5.74, 6) is 0.0968. The van der Waals surface area contributed by atoms with E-state index in [9.17, 15) is 4.79 Å². The standard InChI is InChI=1S/C16H19NO/c1-3-13-11-8-12-17(15(13)4-2)16(18)14-9-6-5-7-10-14/h4-7,9-11,15H,2-3,8,12H2,1H3. The Morgan fingerprint density at radius 3 is 2.78 bits per heavy atom. The second kappa shape index (κ2) is 5.67. The molecule has 1 amide bonds. The highest BCUT2D eigenvalue weighted by molar-refractivity contribution is 5.94. The summed E-state index contributed by atoms with van der Waals surface area (Å²) in [6.07, 6.45) is 6.01. The van der Waals surface area contributed by atoms with Crippen molar-refractivity contribution in [3.8, 4) is 0 Å². The van der Waals surface area contributed by atoms with E-state index >= 15 is 0 Å². The Morgan fingerprint density at radius 1 is 1.44 bits per heavy atom. The Kier molecular flexibility index (Phi) is 3.98. The van der Waals surface area contributed by atoms with E-state index in [2.05, 4.69) is 19.6 Å². The maximum absolute atomic E-state index is 12.5. The highest BCUT2D eigenvalue weighted by atomic mass is 16.2. The van der Waals surface area contributed by atoms with E-state index in [1.54, 1.807) is 0 Å². The minimum atomic E-state index is 0.0523. The van der Waals surface area contributed by atoms with E-state index in [4.69, 9.17) is 0 Å². The molecule has 0 saturated carbocycles. The van der Waals surface area contributed by atoms with Crippen LogP contribution < -0.4 is 0 Å². The first-order valence-electron chi connectivity index (χ1n) is 6.45. The molecule has 1 aromatic carbocycles. The first-order chi connectivity index (χ1) is 8.77. The van der Waals surface area contributed by atoms with Crippen LogP contribution >= 0.6 is 0 Å². The summed E-state index contributed by atoms with van der Waals surface area (Å²) in [5, 5.41) is 0. The Labute approximate surface area is 109 Å². The maximum Gasteiger partial charge on any atom is 0.254 e. The van der Waals surface area contributed by atoms with Crippen molar-refractivity contribution in [3.05, 3.63) is 60.2 Å². The summed E-state index contributed by atoms with van der Waals surface area (Å²) in [6, 6.07) is 9.51. The van der Waals surface area contributed by atoms with Crippen molar-refractivity contribution in [1.29, 1.82) is 0 Å². The number of benzene rings is 1. The summed E-state index contributed by atoms with van der Waals surface area (Å²) in [5.41, 5.74) is 2.04. The van der Waals surface area contributed by atoms with Gasteiger partial charge in [0.05, 0.1) is 6.04 Å². The largest absolute Gasteiger partial charge is 0.328 e. The molecular formula is C16H19NO. The molecule has 1 aromatic rings. The molecule has 1 aliphatic rings. The zero-order valence-corrected chi connectivity index (χ0v) is 10.8. The van der Waals surface area contributed by atoms with Crippen LogP contribution in [0.3, 0.4) is 0 Å². The molecule has 2 heteroatoms. The van der Waals surface area contributed by atoms with Gasteiger partial charge in [0, 0.05) is 12.1 Å². The summed E-state index contributed by atoms with van der Waals surface area (Å²) >= 11 is 0. The summed E-state index contributed by atoms with van der Waals surface area (Å²) in [4.78, 5) is 14.4. The molecule has 1 unspecified atom stereocenters. The van der Waals surface area contributed by atoms with Crippen molar-refractivity contribution < 1.29 is 4.79 Å². The molecule has 0 spiro atoms. The smallest absolute Gasteiger partial charge is 0.254 e. The molecule has 0 aliphatic carbocycles. The number of nitrogens with zero attached hydrogens (tertiary/aromatic N) is 1. The van der Waals surface area contributed by atoms with E-state index in [0.717, 1.165) is 24.9 Å². The van der Waals surface area contributed by atoms with Gasteiger partial charge in [0.25, 0.3) is 5.91 Å². The van der Waals surface area contributed by atoms with Gasteiger partial charge in [0.2, 0.25) is 0 Å². The normalized spacial score (nSPS) is 19.3. The van der Waals surface area contributed by atoms with E-state index in [1.165, 1.54) is 5.57 Å². The molecule has 94 valence electrons. The van der Waals surface area contributed by atoms with Gasteiger partial charge in [0.1, 0.15) is 0 Å². The predicted octanol–water partition coefficient (Wildman–Crippen LogP) is 3.42. The minimum absolute atomic E-state index is 0.0523. The van der Waals surface area contributed by atoms with E-state index in [-0.39, 0.29) is 11.9 Å². The van der Waals surface area contributed by atoms with Gasteiger partial charge in [-0.1, -0.05) is 37.3 Å². The van der Waals surface area contributed by atoms with Gasteiger partial charge in [-0.15, -0.1) is 6.58 Å². The third-order valence-electron chi connectivity index (χ3n) is 3.41. The fourth-order valence-electron chi connectivity index (χ4n) is 2.46. The maximum atomic E-state index is 12.5. The Morgan fingerprint density at radius 2 is 2.17 bits per heavy atom. The third kappa shape index (κ3) is 2.37. The molecule has 2 nitrogen and oxygen atoms in total. The topological polar surface area (TPSA) is 20.3 Å². The van der Waals surface area contributed by atoms with E-state index < -0.39 is 0 Å². The third-order valence-corrected chi connectivity index (χ3v) is 3.41. The van der Waals surface area contributed by atoms with Gasteiger partial charge >= 0.3 is 0 Å². The van der Waals surface area contributed by atoms with Crippen LogP contribution in [-0.2, 0) is 0 Å². The van der Waals surface area contributed by atoms with Crippen LogP contribution in [0.4, 0.5) is 0 Å². The van der Waals surface area contributed by atoms with Crippen LogP contribution in [0.2, 0.25) is 0 Å². The lowest BCUT2D eigenvalue weighted by Gasteiger charge is -2.34. The van der Waals surface area contributed by atoms with Gasteiger partial charge in [0.15, 0.2) is 0 Å². The van der Waals surface area contributed by atoms with Crippen LogP contribution in [-0.4, -0.2) is 23.4 Å². The van der Waals surface area contributed by atoms with Crippen LogP contribution in [0.15, 0.2) is 54.6 Å². The molecule has 0 N–H and O–H groups in total. The highest BCUT2D eigenvalue weighted by Gasteiger charge is 2.26. The molecule has 0 aromatic heterocycles. The number of hydrogen-bond donors (Lipinski definition) is 0. The number of amides is 1. The molecule has 0 fully saturated rings. The predicted molar refractivity (Wildman–Crippen MR) is 74.5 cm³/mol. The summed E-state index contributed by atoms with van der Waals surface area (Å²) in [7, 11) is 0. The first-order valence-corrected chi connectivity index (χ1v) is 6.45. The fourth-order valence-corrected chi connectivity index (χ4v) is 2.46. The Balaban J connectivity index is 2.25. The first kappa shape index (κ1) is 12.6. The Bertz CT molecular complexity index is 461. The van der Waals surface area contributed by atoms with Gasteiger partial charge < -0.3 is 4.90 Å². The quantitative estimate of drug-likeness (QED) is 0.742. The van der Waals surface area contributed by atoms with Gasteiger partial charge in [-0.3, -0.25) is 4.79 Å². The molecule has 0 radical (unpaired) electrons. The van der Waals surface area contributed by atoms with Crippen LogP contribution in [0.5, 0.6) is 0 Å². The Hall–Kier alpha value is -1.83. The average Bonchev–Trinajstić information content (AvgIpc) is 2.46. The molecule has 1 atom stereocenters. The number of rotatable bonds is 3. The van der Waals surface area contributed by atoms with E-state index in [0.29, 0.717) is 0 Å². The van der Waals surface area contributed by atoms with Crippen molar-refractivity contribution in [1.82, 2.24) is 4.90 Å². The number of carbonyl (C=O) groups excluding carboxylic acids is 1. The lowest BCUT2D eigenvalue weighted by Crippen LogP contribution is -2.43. The van der Waals surface area contributed by atoms with Crippen LogP contribution in [0.1, 0.15) is 30.1 Å². The van der Waals surface area contributed by atoms with Crippen molar-refractivity contribution >= 4 is 5.91 Å². The van der Waals surface area contributed by atoms with E-state index in [1.807, 2.05) is 41.3 Å². The van der Waals surface area contributed by atoms with Crippen LogP contribution in [0, 0.1) is 0 Å². The second-order valence-corrected chi connectivity index (χ2v) is 4.47. The summed E-state index contributed by atoms with van der Waals surface area (Å²) < 4.78 is 0. The van der Waals surface area contributed by atoms with Crippen molar-refractivity contribution in [2.24, 2.45) is 0 Å². The molecule has 1 heterocycles. The zero-order chi connectivity index (χ0) is 13.0. The van der Waals surface area contributed by atoms with Gasteiger partial charge in [-0.05, 0) is 30.5 Å². The minimum Gasteiger partial charge on any atom is -0.328 e. The van der Waals surface area contributed by atoms with Crippen molar-refractivity contribution in [3.63, 3.8) is 0 Å².